The van der Waals surface area contributed by atoms with Crippen molar-refractivity contribution >= 4 is 21.9 Å². The zero-order chi connectivity index (χ0) is 15.6. The third-order valence-corrected chi connectivity index (χ3v) is 3.59. The van der Waals surface area contributed by atoms with Crippen molar-refractivity contribution in [2.45, 2.75) is 26.7 Å². The van der Waals surface area contributed by atoms with Gasteiger partial charge in [0.15, 0.2) is 0 Å². The molecule has 0 fully saturated rings. The van der Waals surface area contributed by atoms with Gasteiger partial charge in [0.1, 0.15) is 5.82 Å². The molecule has 2 rings (SSSR count). The van der Waals surface area contributed by atoms with Crippen LogP contribution in [0.15, 0.2) is 27.2 Å². The van der Waals surface area contributed by atoms with Crippen molar-refractivity contribution in [2.75, 3.05) is 0 Å². The summed E-state index contributed by atoms with van der Waals surface area (Å²) in [6, 6.07) is 4.20. The van der Waals surface area contributed by atoms with Crippen LogP contribution in [0.3, 0.4) is 0 Å². The van der Waals surface area contributed by atoms with E-state index in [0.717, 1.165) is 0 Å². The van der Waals surface area contributed by atoms with Gasteiger partial charge in [-0.2, -0.15) is 4.98 Å². The topological polar surface area (TPSA) is 76.2 Å². The molecule has 21 heavy (non-hydrogen) atoms. The molecule has 0 atom stereocenters. The lowest BCUT2D eigenvalue weighted by Crippen LogP contribution is -2.19. The van der Waals surface area contributed by atoms with Crippen LogP contribution in [0, 0.1) is 11.2 Å². The second-order valence-corrected chi connectivity index (χ2v) is 6.40. The van der Waals surface area contributed by atoms with E-state index in [-0.39, 0.29) is 12.2 Å². The minimum Gasteiger partial charge on any atom is -0.481 e. The van der Waals surface area contributed by atoms with Crippen molar-refractivity contribution in [3.63, 3.8) is 0 Å². The molecule has 0 saturated heterocycles. The van der Waals surface area contributed by atoms with E-state index in [1.165, 1.54) is 12.1 Å². The molecule has 0 spiro atoms. The van der Waals surface area contributed by atoms with E-state index in [9.17, 15) is 9.18 Å². The number of nitrogens with zero attached hydrogens (tertiary/aromatic N) is 2. The third kappa shape index (κ3) is 4.10. The first-order valence-electron chi connectivity index (χ1n) is 6.27. The molecule has 1 aromatic heterocycles. The smallest absolute Gasteiger partial charge is 0.303 e. The Kier molecular flexibility index (Phi) is 4.41. The molecule has 1 heterocycles. The fourth-order valence-corrected chi connectivity index (χ4v) is 2.41. The Balaban J connectivity index is 2.22. The van der Waals surface area contributed by atoms with Crippen LogP contribution >= 0.6 is 15.9 Å². The number of aliphatic carboxylic acids is 1. The molecule has 0 unspecified atom stereocenters. The first-order chi connectivity index (χ1) is 9.77. The van der Waals surface area contributed by atoms with Crippen molar-refractivity contribution < 1.29 is 18.8 Å². The van der Waals surface area contributed by atoms with Gasteiger partial charge in [-0.25, -0.2) is 4.39 Å². The number of rotatable bonds is 5. The summed E-state index contributed by atoms with van der Waals surface area (Å²) in [5.74, 6) is -0.687. The highest BCUT2D eigenvalue weighted by Crippen LogP contribution is 2.29. The molecule has 0 amide bonds. The summed E-state index contributed by atoms with van der Waals surface area (Å²) in [7, 11) is 0. The maximum Gasteiger partial charge on any atom is 0.303 e. The Morgan fingerprint density at radius 3 is 2.86 bits per heavy atom. The molecule has 0 bridgehead atoms. The standard InChI is InChI=1S/C14H14BrFN2O3/c1-14(2,7-12(19)20)6-11-17-13(18-21-11)9-5-8(16)3-4-10(9)15/h3-5H,6-7H2,1-2H3,(H,19,20). The van der Waals surface area contributed by atoms with Crippen LogP contribution in [0.25, 0.3) is 11.4 Å². The van der Waals surface area contributed by atoms with E-state index < -0.39 is 17.2 Å². The number of carboxylic acid groups (broad SMARTS) is 1. The van der Waals surface area contributed by atoms with Gasteiger partial charge in [0.2, 0.25) is 11.7 Å². The van der Waals surface area contributed by atoms with Gasteiger partial charge >= 0.3 is 5.97 Å². The van der Waals surface area contributed by atoms with Gasteiger partial charge in [-0.1, -0.05) is 34.9 Å². The van der Waals surface area contributed by atoms with Crippen molar-refractivity contribution in [3.05, 3.63) is 34.4 Å². The largest absolute Gasteiger partial charge is 0.481 e. The zero-order valence-electron chi connectivity index (χ0n) is 11.6. The lowest BCUT2D eigenvalue weighted by molar-refractivity contribution is -0.139. The van der Waals surface area contributed by atoms with Crippen LogP contribution in [0.2, 0.25) is 0 Å². The lowest BCUT2D eigenvalue weighted by Gasteiger charge is -2.19. The molecule has 7 heteroatoms. The van der Waals surface area contributed by atoms with E-state index in [4.69, 9.17) is 9.63 Å². The van der Waals surface area contributed by atoms with Crippen LogP contribution in [-0.4, -0.2) is 21.2 Å². The van der Waals surface area contributed by atoms with Crippen molar-refractivity contribution in [3.8, 4) is 11.4 Å². The molecule has 0 saturated carbocycles. The molecular formula is C14H14BrFN2O3. The van der Waals surface area contributed by atoms with Gasteiger partial charge in [-0.15, -0.1) is 0 Å². The molecule has 2 aromatic rings. The van der Waals surface area contributed by atoms with Gasteiger partial charge in [0.25, 0.3) is 0 Å². The number of carboxylic acids is 1. The van der Waals surface area contributed by atoms with Gasteiger partial charge in [0, 0.05) is 16.5 Å². The van der Waals surface area contributed by atoms with Crippen LogP contribution in [0.1, 0.15) is 26.2 Å². The van der Waals surface area contributed by atoms with E-state index in [2.05, 4.69) is 26.1 Å². The Labute approximate surface area is 129 Å². The molecule has 1 N–H and O–H groups in total. The van der Waals surface area contributed by atoms with E-state index >= 15 is 0 Å². The Bertz CT molecular complexity index is 670. The summed E-state index contributed by atoms with van der Waals surface area (Å²) in [4.78, 5) is 15.0. The van der Waals surface area contributed by atoms with Crippen molar-refractivity contribution in [1.29, 1.82) is 0 Å². The fraction of sp³-hybridized carbons (Fsp3) is 0.357. The summed E-state index contributed by atoms with van der Waals surface area (Å²) in [5, 5.41) is 12.7. The highest BCUT2D eigenvalue weighted by molar-refractivity contribution is 9.10. The molecule has 0 aliphatic heterocycles. The Hall–Kier alpha value is -1.76. The minimum absolute atomic E-state index is 0.00558. The van der Waals surface area contributed by atoms with E-state index in [0.29, 0.717) is 22.3 Å². The van der Waals surface area contributed by atoms with Crippen LogP contribution < -0.4 is 0 Å². The molecule has 1 aromatic carbocycles. The molecule has 0 aliphatic rings. The predicted molar refractivity (Wildman–Crippen MR) is 77.1 cm³/mol. The number of halogens is 2. The van der Waals surface area contributed by atoms with Gasteiger partial charge in [0.05, 0.1) is 6.42 Å². The second kappa shape index (κ2) is 5.93. The van der Waals surface area contributed by atoms with E-state index in [1.807, 2.05) is 13.8 Å². The highest BCUT2D eigenvalue weighted by atomic mass is 79.9. The Morgan fingerprint density at radius 2 is 2.19 bits per heavy atom. The average molecular weight is 357 g/mol. The number of benzene rings is 1. The maximum absolute atomic E-state index is 13.3. The maximum atomic E-state index is 13.3. The molecule has 5 nitrogen and oxygen atoms in total. The SMILES string of the molecule is CC(C)(CC(=O)O)Cc1nc(-c2cc(F)ccc2Br)no1. The first kappa shape index (κ1) is 15.6. The summed E-state index contributed by atoms with van der Waals surface area (Å²) >= 11 is 3.30. The van der Waals surface area contributed by atoms with Crippen LogP contribution in [0.5, 0.6) is 0 Å². The van der Waals surface area contributed by atoms with E-state index in [1.54, 1.807) is 6.07 Å². The van der Waals surface area contributed by atoms with Crippen LogP contribution in [-0.2, 0) is 11.2 Å². The summed E-state index contributed by atoms with van der Waals surface area (Å²) in [6.45, 7) is 3.62. The second-order valence-electron chi connectivity index (χ2n) is 5.55. The fourth-order valence-electron chi connectivity index (χ4n) is 1.99. The van der Waals surface area contributed by atoms with Crippen LogP contribution in [0.4, 0.5) is 4.39 Å². The van der Waals surface area contributed by atoms with Gasteiger partial charge in [-0.05, 0) is 23.6 Å². The summed E-state index contributed by atoms with van der Waals surface area (Å²) in [5.41, 5.74) is -0.0181. The normalized spacial score (nSPS) is 11.6. The number of carbonyl (C=O) groups is 1. The molecule has 112 valence electrons. The van der Waals surface area contributed by atoms with Gasteiger partial charge < -0.3 is 9.63 Å². The number of aromatic nitrogens is 2. The first-order valence-corrected chi connectivity index (χ1v) is 7.06. The molecular weight excluding hydrogens is 343 g/mol. The number of hydrogen-bond acceptors (Lipinski definition) is 4. The van der Waals surface area contributed by atoms with Crippen molar-refractivity contribution in [2.24, 2.45) is 5.41 Å². The Morgan fingerprint density at radius 1 is 1.48 bits per heavy atom. The van der Waals surface area contributed by atoms with Gasteiger partial charge in [-0.3, -0.25) is 4.79 Å². The summed E-state index contributed by atoms with van der Waals surface area (Å²) in [6.07, 6.45) is 0.327. The monoisotopic (exact) mass is 356 g/mol. The highest BCUT2D eigenvalue weighted by Gasteiger charge is 2.25. The summed E-state index contributed by atoms with van der Waals surface area (Å²) < 4.78 is 19.1. The average Bonchev–Trinajstić information content (AvgIpc) is 2.78. The predicted octanol–water partition coefficient (Wildman–Crippen LogP) is 3.68. The zero-order valence-corrected chi connectivity index (χ0v) is 13.1. The third-order valence-electron chi connectivity index (χ3n) is 2.90. The quantitative estimate of drug-likeness (QED) is 0.883. The minimum atomic E-state index is -0.882. The lowest BCUT2D eigenvalue weighted by atomic mass is 9.86. The van der Waals surface area contributed by atoms with Crippen molar-refractivity contribution in [1.82, 2.24) is 10.1 Å². The molecule has 0 aliphatic carbocycles. The molecule has 0 radical (unpaired) electrons. The number of hydrogen-bond donors (Lipinski definition) is 1.